The molecule has 0 saturated carbocycles. The van der Waals surface area contributed by atoms with Crippen molar-refractivity contribution in [2.24, 2.45) is 0 Å². The van der Waals surface area contributed by atoms with Crippen LogP contribution in [0.5, 0.6) is 0 Å². The van der Waals surface area contributed by atoms with Crippen molar-refractivity contribution in [2.75, 3.05) is 32.7 Å². The minimum absolute atomic E-state index is 0.133. The highest BCUT2D eigenvalue weighted by Crippen LogP contribution is 2.29. The Hall–Kier alpha value is -4.69. The Balaban J connectivity index is 0.00000358. The number of unbranched alkanes of at least 4 members (excludes halogenated alkanes) is 2. The maximum atomic E-state index is 14.5. The minimum Gasteiger partial charge on any atom is -0.338 e. The van der Waals surface area contributed by atoms with Crippen LogP contribution in [0.2, 0.25) is 0 Å². The van der Waals surface area contributed by atoms with Crippen molar-refractivity contribution in [1.29, 1.82) is 0 Å². The molecule has 1 atom stereocenters. The van der Waals surface area contributed by atoms with Crippen LogP contribution >= 0.6 is 0 Å². The highest BCUT2D eigenvalue weighted by Gasteiger charge is 2.34. The Morgan fingerprint density at radius 3 is 2.06 bits per heavy atom. The summed E-state index contributed by atoms with van der Waals surface area (Å²) < 4.78 is 39.4. The first-order valence-electron chi connectivity index (χ1n) is 18.3. The Morgan fingerprint density at radius 1 is 0.846 bits per heavy atom. The van der Waals surface area contributed by atoms with Gasteiger partial charge in [-0.15, -0.1) is 0 Å². The second-order valence-corrected chi connectivity index (χ2v) is 12.7. The first-order chi connectivity index (χ1) is 25.1. The molecule has 1 heterocycles. The lowest BCUT2D eigenvalue weighted by atomic mass is 10.0. The van der Waals surface area contributed by atoms with E-state index >= 15 is 0 Å². The van der Waals surface area contributed by atoms with E-state index in [1.165, 1.54) is 29.8 Å². The monoisotopic (exact) mass is 713 g/mol. The molecule has 2 amide bonds. The number of nitrogens with zero attached hydrogens (tertiary/aromatic N) is 3. The highest BCUT2D eigenvalue weighted by molar-refractivity contribution is 5.95. The van der Waals surface area contributed by atoms with Gasteiger partial charge in [-0.3, -0.25) is 14.5 Å². The zero-order valence-corrected chi connectivity index (χ0v) is 31.0. The Kier molecular flexibility index (Phi) is 17.4. The summed E-state index contributed by atoms with van der Waals surface area (Å²) in [6.45, 7) is 17.1. The van der Waals surface area contributed by atoms with Crippen LogP contribution in [0.1, 0.15) is 67.9 Å². The van der Waals surface area contributed by atoms with Crippen LogP contribution in [0.15, 0.2) is 122 Å². The summed E-state index contributed by atoms with van der Waals surface area (Å²) in [5.74, 6) is -0.526. The van der Waals surface area contributed by atoms with Gasteiger partial charge in [0.1, 0.15) is 6.04 Å². The largest absolute Gasteiger partial charge is 0.416 e. The number of alkyl halides is 3. The van der Waals surface area contributed by atoms with E-state index in [2.05, 4.69) is 37.1 Å². The lowest BCUT2D eigenvalue weighted by Crippen LogP contribution is -2.56. The smallest absolute Gasteiger partial charge is 0.338 e. The molecule has 5 nitrogen and oxygen atoms in total. The Bertz CT molecular complexity index is 1610. The van der Waals surface area contributed by atoms with Crippen LogP contribution in [-0.4, -0.2) is 65.3 Å². The minimum atomic E-state index is -4.45. The van der Waals surface area contributed by atoms with Crippen LogP contribution < -0.4 is 0 Å². The van der Waals surface area contributed by atoms with Gasteiger partial charge in [-0.1, -0.05) is 132 Å². The van der Waals surface area contributed by atoms with Crippen LogP contribution in [0.4, 0.5) is 13.2 Å². The third-order valence-corrected chi connectivity index (χ3v) is 9.00. The molecule has 1 aliphatic heterocycles. The van der Waals surface area contributed by atoms with Gasteiger partial charge in [0, 0.05) is 51.8 Å². The summed E-state index contributed by atoms with van der Waals surface area (Å²) in [5.41, 5.74) is 3.78. The predicted molar refractivity (Wildman–Crippen MR) is 207 cm³/mol. The molecular formula is C44H54F3N3O2. The summed E-state index contributed by atoms with van der Waals surface area (Å²) in [6, 6.07) is 21.7. The summed E-state index contributed by atoms with van der Waals surface area (Å²) in [6.07, 6.45) is 8.59. The lowest BCUT2D eigenvalue weighted by molar-refractivity contribution is -0.145. The molecule has 0 bridgehead atoms. The second kappa shape index (κ2) is 21.6. The molecule has 278 valence electrons. The number of aryl methyl sites for hydroxylation is 1. The van der Waals surface area contributed by atoms with Crippen molar-refractivity contribution in [3.8, 4) is 0 Å². The quantitative estimate of drug-likeness (QED) is 0.0844. The van der Waals surface area contributed by atoms with E-state index in [9.17, 15) is 22.8 Å². The van der Waals surface area contributed by atoms with Gasteiger partial charge in [-0.2, -0.15) is 13.2 Å². The van der Waals surface area contributed by atoms with Crippen molar-refractivity contribution in [1.82, 2.24) is 14.7 Å². The SMILES string of the molecule is C=C/C=C(\C=C)CN1CCN(C(=O)[C@H](Cc2ccccc2)N(Cc2ccc(CCCCC)cc2)C(=O)/C=C/c2ccc(C(F)(F)F)cc2)CC1.CC. The van der Waals surface area contributed by atoms with Crippen LogP contribution in [0.25, 0.3) is 6.08 Å². The zero-order valence-electron chi connectivity index (χ0n) is 31.0. The molecule has 0 unspecified atom stereocenters. The van der Waals surface area contributed by atoms with Crippen LogP contribution in [0.3, 0.4) is 0 Å². The van der Waals surface area contributed by atoms with E-state index in [-0.39, 0.29) is 12.5 Å². The van der Waals surface area contributed by atoms with E-state index in [4.69, 9.17) is 0 Å². The third-order valence-electron chi connectivity index (χ3n) is 9.00. The standard InChI is InChI=1S/C42H48F3N3O2.C2H6/c1-4-7-9-13-34-16-18-37(19-17-34)32-48(40(49)25-22-35-20-23-38(24-21-35)42(43,44)45)39(30-36-14-10-8-11-15-36)41(50)47-28-26-46(27-29-47)31-33(6-3)12-5-2;1-2/h5-6,8,10-12,14-25,39H,2-4,7,9,13,26-32H2,1H3;1-2H3/b25-22+,33-12+;/t39-;/m0./s1. The lowest BCUT2D eigenvalue weighted by Gasteiger charge is -2.39. The fraction of sp³-hybridized carbons (Fsp3) is 0.364. The van der Waals surface area contributed by atoms with E-state index in [0.29, 0.717) is 44.7 Å². The van der Waals surface area contributed by atoms with Gasteiger partial charge in [0.2, 0.25) is 11.8 Å². The molecule has 0 radical (unpaired) electrons. The number of carbonyl (C=O) groups excluding carboxylic acids is 2. The molecule has 4 rings (SSSR count). The van der Waals surface area contributed by atoms with Crippen molar-refractivity contribution < 1.29 is 22.8 Å². The zero-order chi connectivity index (χ0) is 37.9. The number of carbonyl (C=O) groups is 2. The summed E-state index contributed by atoms with van der Waals surface area (Å²) >= 11 is 0. The maximum absolute atomic E-state index is 14.5. The van der Waals surface area contributed by atoms with Gasteiger partial charge < -0.3 is 9.80 Å². The number of allylic oxidation sites excluding steroid dienone is 2. The van der Waals surface area contributed by atoms with Gasteiger partial charge >= 0.3 is 6.18 Å². The third kappa shape index (κ3) is 13.1. The average molecular weight is 714 g/mol. The van der Waals surface area contributed by atoms with E-state index < -0.39 is 23.7 Å². The van der Waals surface area contributed by atoms with Gasteiger partial charge in [0.05, 0.1) is 5.56 Å². The molecule has 3 aromatic rings. The highest BCUT2D eigenvalue weighted by atomic mass is 19.4. The number of hydrogen-bond donors (Lipinski definition) is 0. The molecule has 1 aliphatic rings. The first-order valence-corrected chi connectivity index (χ1v) is 18.3. The average Bonchev–Trinajstić information content (AvgIpc) is 3.16. The normalized spacial score (nSPS) is 14.3. The molecule has 0 aromatic heterocycles. The number of benzene rings is 3. The molecule has 8 heteroatoms. The topological polar surface area (TPSA) is 43.9 Å². The van der Waals surface area contributed by atoms with Gasteiger partial charge in [0.15, 0.2) is 0 Å². The van der Waals surface area contributed by atoms with Crippen molar-refractivity contribution in [3.63, 3.8) is 0 Å². The van der Waals surface area contributed by atoms with E-state index in [1.807, 2.05) is 73.4 Å². The number of piperazine rings is 1. The van der Waals surface area contributed by atoms with Crippen molar-refractivity contribution in [3.05, 3.63) is 150 Å². The van der Waals surface area contributed by atoms with Gasteiger partial charge in [-0.05, 0) is 58.9 Å². The molecule has 3 aromatic carbocycles. The number of hydrogen-bond acceptors (Lipinski definition) is 3. The molecule has 1 fully saturated rings. The first kappa shape index (κ1) is 41.7. The fourth-order valence-corrected chi connectivity index (χ4v) is 6.08. The van der Waals surface area contributed by atoms with Crippen LogP contribution in [-0.2, 0) is 35.2 Å². The summed E-state index contributed by atoms with van der Waals surface area (Å²) in [7, 11) is 0. The predicted octanol–water partition coefficient (Wildman–Crippen LogP) is 9.56. The molecule has 1 saturated heterocycles. The van der Waals surface area contributed by atoms with Crippen molar-refractivity contribution >= 4 is 17.9 Å². The van der Waals surface area contributed by atoms with Crippen LogP contribution in [0, 0.1) is 0 Å². The Labute approximate surface area is 308 Å². The van der Waals surface area contributed by atoms with E-state index in [1.54, 1.807) is 11.0 Å². The number of amides is 2. The number of halogens is 3. The fourth-order valence-electron chi connectivity index (χ4n) is 6.08. The number of rotatable bonds is 16. The Morgan fingerprint density at radius 2 is 1.48 bits per heavy atom. The second-order valence-electron chi connectivity index (χ2n) is 12.7. The van der Waals surface area contributed by atoms with Gasteiger partial charge in [0.25, 0.3) is 0 Å². The molecule has 0 N–H and O–H groups in total. The molecule has 0 aliphatic carbocycles. The summed E-state index contributed by atoms with van der Waals surface area (Å²) in [5, 5.41) is 0. The van der Waals surface area contributed by atoms with Gasteiger partial charge in [-0.25, -0.2) is 0 Å². The molecule has 52 heavy (non-hydrogen) atoms. The van der Waals surface area contributed by atoms with Crippen molar-refractivity contribution in [2.45, 2.75) is 71.6 Å². The maximum Gasteiger partial charge on any atom is 0.416 e. The van der Waals surface area contributed by atoms with E-state index in [0.717, 1.165) is 54.5 Å². The summed E-state index contributed by atoms with van der Waals surface area (Å²) in [4.78, 5) is 34.3. The molecule has 0 spiro atoms. The molecular weight excluding hydrogens is 659 g/mol.